The van der Waals surface area contributed by atoms with Crippen LogP contribution in [0.1, 0.15) is 411 Å². The zero-order valence-corrected chi connectivity index (χ0v) is 77.6. The molecule has 10 aromatic rings. The van der Waals surface area contributed by atoms with Gasteiger partial charge in [-0.15, -0.1) is 68.0 Å². The Morgan fingerprint density at radius 2 is 0.600 bits per heavy atom. The maximum atomic E-state index is 7.72. The molecule has 0 radical (unpaired) electrons. The van der Waals surface area contributed by atoms with E-state index in [-0.39, 0.29) is 0 Å². The highest BCUT2D eigenvalue weighted by Gasteiger charge is 2.34. The number of benzene rings is 1. The predicted octanol–water partition coefficient (Wildman–Crippen LogP) is 37.5. The summed E-state index contributed by atoms with van der Waals surface area (Å²) in [5.74, 6) is 2.33. The molecule has 0 amide bonds. The molecule has 0 saturated heterocycles. The molecule has 0 N–H and O–H groups in total. The number of hydrogen-bond donors (Lipinski definition) is 0. The third-order valence-corrected chi connectivity index (χ3v) is 33.5. The second-order valence-electron chi connectivity index (χ2n) is 34.4. The van der Waals surface area contributed by atoms with Crippen molar-refractivity contribution in [3.63, 3.8) is 0 Å². The summed E-state index contributed by atoms with van der Waals surface area (Å²) in [6.45, 7) is 25.8. The summed E-state index contributed by atoms with van der Waals surface area (Å²) in [6, 6.07) is 4.62. The van der Waals surface area contributed by atoms with E-state index in [9.17, 15) is 0 Å². The molecule has 10 rings (SSSR count). The lowest BCUT2D eigenvalue weighted by Crippen LogP contribution is -2.14. The van der Waals surface area contributed by atoms with Crippen LogP contribution < -0.4 is 0 Å². The highest BCUT2D eigenvalue weighted by Crippen LogP contribution is 2.56. The number of nitrogens with zero attached hydrogens (tertiary/aromatic N) is 4. The molecule has 4 unspecified atom stereocenters. The molecule has 110 heavy (non-hydrogen) atoms. The van der Waals surface area contributed by atoms with E-state index in [1.165, 1.54) is 370 Å². The van der Waals surface area contributed by atoms with Crippen molar-refractivity contribution in [2.45, 2.75) is 429 Å². The van der Waals surface area contributed by atoms with E-state index in [1.54, 1.807) is 20.5 Å². The van der Waals surface area contributed by atoms with Crippen molar-refractivity contribution < 1.29 is 0 Å². The first-order chi connectivity index (χ1) is 54.1. The van der Waals surface area contributed by atoms with Gasteiger partial charge >= 0.3 is 0 Å². The molecule has 0 bridgehead atoms. The van der Waals surface area contributed by atoms with Gasteiger partial charge in [-0.2, -0.15) is 0 Å². The number of thiophene rings is 6. The summed E-state index contributed by atoms with van der Waals surface area (Å²) in [4.78, 5) is 18.0. The van der Waals surface area contributed by atoms with Crippen molar-refractivity contribution in [1.29, 1.82) is 0 Å². The van der Waals surface area contributed by atoms with Gasteiger partial charge in [0.05, 0.1) is 70.1 Å². The zero-order chi connectivity index (χ0) is 77.4. The van der Waals surface area contributed by atoms with Crippen molar-refractivity contribution in [3.8, 4) is 21.1 Å². The smallest absolute Gasteiger partial charge is 0.108 e. The lowest BCUT2D eigenvalue weighted by atomic mass is 9.93. The minimum atomic E-state index is 0.571. The van der Waals surface area contributed by atoms with Crippen LogP contribution in [0.4, 0.5) is 0 Å². The Labute approximate surface area is 704 Å². The van der Waals surface area contributed by atoms with E-state index in [2.05, 4.69) is 147 Å². The summed E-state index contributed by atoms with van der Waals surface area (Å²) in [5, 5.41) is 9.74. The Bertz CT molecular complexity index is 3980. The van der Waals surface area contributed by atoms with Gasteiger partial charge in [-0.1, -0.05) is 375 Å². The summed E-state index contributed by atoms with van der Waals surface area (Å²) >= 11 is 27.7. The van der Waals surface area contributed by atoms with Crippen LogP contribution in [0, 0.1) is 23.7 Å². The maximum absolute atomic E-state index is 7.72. The van der Waals surface area contributed by atoms with Crippen LogP contribution in [0.3, 0.4) is 0 Å². The topological polar surface area (TPSA) is 35.6 Å². The summed E-state index contributed by atoms with van der Waals surface area (Å²) in [5.41, 5.74) is 13.2. The Morgan fingerprint density at radius 3 is 0.918 bits per heavy atom. The monoisotopic (exact) mass is 1640 g/mol. The molecule has 12 heteroatoms. The van der Waals surface area contributed by atoms with Gasteiger partial charge in [0, 0.05) is 33.6 Å². The van der Waals surface area contributed by atoms with Crippen LogP contribution in [0.5, 0.6) is 0 Å². The molecule has 0 aliphatic carbocycles. The number of aromatic nitrogens is 4. The lowest BCUT2D eigenvalue weighted by molar-refractivity contribution is 0.363. The molecule has 0 aliphatic heterocycles. The SMILES string of the molecule is CCCCCCCCCCCc1csc2c1sc1c3c4nc(-c5cc(Cl)c(CC(CC)CCCC)s5)c(-c5cc(Cl)c(CC(CC)CCCC)s5)nc4c4c5sc6c(CCCCCCCCCCC)csc6c5n(CC(CCCCCC)CCCCCCCC)c4c3n(CC(CCCCCC)CCCCCCCC)c21. The van der Waals surface area contributed by atoms with Gasteiger partial charge in [0.2, 0.25) is 0 Å². The fourth-order valence-electron chi connectivity index (χ4n) is 18.4. The summed E-state index contributed by atoms with van der Waals surface area (Å²) < 4.78 is 15.1. The third-order valence-electron chi connectivity index (χ3n) is 25.4. The molecular weight excluding hydrogens is 1500 g/mol. The van der Waals surface area contributed by atoms with Crippen molar-refractivity contribution in [3.05, 3.63) is 53.8 Å². The third kappa shape index (κ3) is 24.3. The molecule has 0 spiro atoms. The normalized spacial score (nSPS) is 13.5. The average Bonchev–Trinajstić information content (AvgIpc) is 1.50. The standard InChI is InChI=1S/C98H150Cl2N4S6/c1-11-21-29-35-39-41-43-47-53-61-75-69-105-97-91-95(109-93(75)97)83-87-88(102-86(82-66-78(100)80(108-82)64-72(20-10)56-28-18-8)85(101-87)81-65-77(99)79(107-81)63-71(19-9)55-27-17-7)84-90(89(83)103(91)67-73(57-49-33-25-15-5)59-51-45-37-31-23-13-3)104(68-74(58-50-34-26-16-6)60-52-46-38-32-24-14-4)92-96(84)110-94-76(70-106-98(92)94)62-54-48-44-42-40-36-30-22-12-2/h65-66,69-74H,11-64,67-68H2,1-10H3. The molecular formula is C98H150Cl2N4S6. The Morgan fingerprint density at radius 1 is 0.309 bits per heavy atom. The van der Waals surface area contributed by atoms with Crippen molar-refractivity contribution in [1.82, 2.24) is 19.1 Å². The highest BCUT2D eigenvalue weighted by atomic mass is 35.5. The van der Waals surface area contributed by atoms with Gasteiger partial charge in [0.25, 0.3) is 0 Å². The predicted molar refractivity (Wildman–Crippen MR) is 505 cm³/mol. The first kappa shape index (κ1) is 89.8. The van der Waals surface area contributed by atoms with Crippen molar-refractivity contribution in [2.75, 3.05) is 0 Å². The van der Waals surface area contributed by atoms with Crippen LogP contribution in [-0.4, -0.2) is 19.1 Å². The molecule has 0 saturated carbocycles. The van der Waals surface area contributed by atoms with Crippen molar-refractivity contribution in [2.24, 2.45) is 23.7 Å². The van der Waals surface area contributed by atoms with Crippen molar-refractivity contribution >= 4 is 163 Å². The fraction of sp³-hybridized carbons (Fsp3) is 0.714. The second kappa shape index (κ2) is 49.0. The van der Waals surface area contributed by atoms with Gasteiger partial charge < -0.3 is 9.13 Å². The van der Waals surface area contributed by atoms with E-state index in [4.69, 9.17) is 33.2 Å². The van der Waals surface area contributed by atoms with Gasteiger partial charge in [-0.25, -0.2) is 9.97 Å². The number of halogens is 2. The molecule has 9 heterocycles. The fourth-order valence-corrected chi connectivity index (χ4v) is 27.0. The molecule has 1 aromatic carbocycles. The number of rotatable bonds is 62. The van der Waals surface area contributed by atoms with E-state index < -0.39 is 0 Å². The minimum absolute atomic E-state index is 0.571. The highest BCUT2D eigenvalue weighted by molar-refractivity contribution is 7.34. The minimum Gasteiger partial charge on any atom is -0.337 e. The largest absolute Gasteiger partial charge is 0.337 e. The van der Waals surface area contributed by atoms with Crippen LogP contribution in [-0.2, 0) is 38.8 Å². The zero-order valence-electron chi connectivity index (χ0n) is 71.2. The Kier molecular flexibility index (Phi) is 40.0. The molecule has 9 aromatic heterocycles. The molecule has 0 fully saturated rings. The van der Waals surface area contributed by atoms with E-state index in [0.717, 1.165) is 93.8 Å². The van der Waals surface area contributed by atoms with Crippen LogP contribution in [0.15, 0.2) is 22.9 Å². The summed E-state index contributed by atoms with van der Waals surface area (Å²) in [7, 11) is 0. The average molecular weight is 1650 g/mol. The number of unbranched alkanes of at least 4 members (excludes halogenated alkanes) is 34. The second-order valence-corrected chi connectivity index (χ2v) is 41.3. The first-order valence-electron chi connectivity index (χ1n) is 46.7. The maximum Gasteiger partial charge on any atom is 0.108 e. The van der Waals surface area contributed by atoms with Gasteiger partial charge in [-0.05, 0) is 122 Å². The van der Waals surface area contributed by atoms with Gasteiger partial charge in [0.1, 0.15) is 22.4 Å². The van der Waals surface area contributed by atoms with Gasteiger partial charge in [-0.3, -0.25) is 0 Å². The molecule has 4 nitrogen and oxygen atoms in total. The molecule has 4 atom stereocenters. The van der Waals surface area contributed by atoms with E-state index >= 15 is 0 Å². The number of aryl methyl sites for hydroxylation is 2. The van der Waals surface area contributed by atoms with Crippen LogP contribution in [0.25, 0.3) is 93.2 Å². The van der Waals surface area contributed by atoms with Crippen LogP contribution in [0.2, 0.25) is 10.0 Å². The molecule has 0 aliphatic rings. The first-order valence-corrected chi connectivity index (χ1v) is 52.5. The lowest BCUT2D eigenvalue weighted by Gasteiger charge is -2.22. The summed E-state index contributed by atoms with van der Waals surface area (Å²) in [6.07, 6.45) is 70.1. The van der Waals surface area contributed by atoms with Crippen LogP contribution >= 0.6 is 91.2 Å². The quantitative estimate of drug-likeness (QED) is 0.0356. The van der Waals surface area contributed by atoms with E-state index in [0.29, 0.717) is 23.7 Å². The Hall–Kier alpha value is -2.54. The Balaban J connectivity index is 1.30. The van der Waals surface area contributed by atoms with Gasteiger partial charge in [0.15, 0.2) is 0 Å². The number of hydrogen-bond acceptors (Lipinski definition) is 8. The number of fused-ring (bicyclic) bond motifs is 14. The van der Waals surface area contributed by atoms with E-state index in [1.807, 2.05) is 22.7 Å². The molecule has 612 valence electrons.